The first-order valence-electron chi connectivity index (χ1n) is 8.17. The summed E-state index contributed by atoms with van der Waals surface area (Å²) in [5.74, 6) is -0.441. The van der Waals surface area contributed by atoms with Crippen LogP contribution in [0.5, 0.6) is 23.0 Å². The van der Waals surface area contributed by atoms with Crippen molar-refractivity contribution in [2.45, 2.75) is 12.5 Å². The van der Waals surface area contributed by atoms with Gasteiger partial charge in [0.2, 0.25) is 0 Å². The molecule has 0 amide bonds. The molecule has 3 N–H and O–H groups in total. The number of Topliss-reactive ketones (excluding diaryl/α,β-unsaturated/α-hetero) is 1. The van der Waals surface area contributed by atoms with Crippen LogP contribution in [0.15, 0.2) is 60.7 Å². The minimum Gasteiger partial charge on any atom is -0.508 e. The Balaban J connectivity index is 1.74. The third kappa shape index (κ3) is 2.73. The van der Waals surface area contributed by atoms with Gasteiger partial charge in [-0.2, -0.15) is 0 Å². The smallest absolute Gasteiger partial charge is 0.174 e. The van der Waals surface area contributed by atoms with Gasteiger partial charge in [0, 0.05) is 17.7 Å². The lowest BCUT2D eigenvalue weighted by Gasteiger charge is -2.26. The molecule has 0 bridgehead atoms. The first kappa shape index (κ1) is 16.0. The molecule has 0 spiro atoms. The molecule has 1 aliphatic heterocycles. The lowest BCUT2D eigenvalue weighted by Crippen LogP contribution is -2.20. The first-order chi connectivity index (χ1) is 12.5. The number of carbonyl (C=O) groups is 1. The number of fused-ring (bicyclic) bond motifs is 1. The number of benzene rings is 3. The zero-order chi connectivity index (χ0) is 18.3. The van der Waals surface area contributed by atoms with Gasteiger partial charge in [-0.25, -0.2) is 0 Å². The van der Waals surface area contributed by atoms with Crippen molar-refractivity contribution < 1.29 is 24.9 Å². The van der Waals surface area contributed by atoms with E-state index in [1.165, 1.54) is 6.07 Å². The highest BCUT2D eigenvalue weighted by Gasteiger charge is 2.31. The maximum absolute atomic E-state index is 12.5. The SMILES string of the molecule is O=C1CC(c2ccc(O)c(-c3ccccc3)c2)Oc2cc(O)cc(O)c21. The third-order valence-electron chi connectivity index (χ3n) is 4.46. The fraction of sp³-hybridized carbons (Fsp3) is 0.0952. The molecule has 26 heavy (non-hydrogen) atoms. The molecule has 1 atom stereocenters. The molecule has 1 aliphatic rings. The summed E-state index contributed by atoms with van der Waals surface area (Å²) in [6.45, 7) is 0. The van der Waals surface area contributed by atoms with Gasteiger partial charge in [0.1, 0.15) is 34.7 Å². The Morgan fingerprint density at radius 1 is 0.885 bits per heavy atom. The lowest BCUT2D eigenvalue weighted by molar-refractivity contribution is 0.0845. The fourth-order valence-corrected chi connectivity index (χ4v) is 3.21. The van der Waals surface area contributed by atoms with Crippen LogP contribution in [0.4, 0.5) is 0 Å². The largest absolute Gasteiger partial charge is 0.508 e. The summed E-state index contributed by atoms with van der Waals surface area (Å²) in [6.07, 6.45) is -0.510. The molecule has 0 aliphatic carbocycles. The number of ketones is 1. The van der Waals surface area contributed by atoms with Crippen LogP contribution >= 0.6 is 0 Å². The van der Waals surface area contributed by atoms with Crippen LogP contribution in [-0.4, -0.2) is 21.1 Å². The Morgan fingerprint density at radius 3 is 2.42 bits per heavy atom. The molecule has 0 saturated carbocycles. The Bertz CT molecular complexity index is 995. The van der Waals surface area contributed by atoms with Crippen molar-refractivity contribution in [3.63, 3.8) is 0 Å². The van der Waals surface area contributed by atoms with Gasteiger partial charge in [0.15, 0.2) is 5.78 Å². The maximum Gasteiger partial charge on any atom is 0.174 e. The van der Waals surface area contributed by atoms with Crippen LogP contribution in [0.2, 0.25) is 0 Å². The molecule has 5 nitrogen and oxygen atoms in total. The average molecular weight is 348 g/mol. The van der Waals surface area contributed by atoms with Crippen molar-refractivity contribution in [3.8, 4) is 34.1 Å². The second-order valence-electron chi connectivity index (χ2n) is 6.21. The summed E-state index contributed by atoms with van der Waals surface area (Å²) < 4.78 is 5.86. The highest BCUT2D eigenvalue weighted by atomic mass is 16.5. The normalized spacial score (nSPS) is 16.0. The van der Waals surface area contributed by atoms with Gasteiger partial charge < -0.3 is 20.1 Å². The van der Waals surface area contributed by atoms with Crippen LogP contribution in [0.3, 0.4) is 0 Å². The Hall–Kier alpha value is -3.47. The van der Waals surface area contributed by atoms with Gasteiger partial charge in [-0.05, 0) is 23.3 Å². The molecular weight excluding hydrogens is 332 g/mol. The van der Waals surface area contributed by atoms with Gasteiger partial charge >= 0.3 is 0 Å². The van der Waals surface area contributed by atoms with Gasteiger partial charge in [-0.15, -0.1) is 0 Å². The van der Waals surface area contributed by atoms with E-state index in [9.17, 15) is 20.1 Å². The van der Waals surface area contributed by atoms with Crippen LogP contribution in [0, 0.1) is 0 Å². The zero-order valence-electron chi connectivity index (χ0n) is 13.7. The number of rotatable bonds is 2. The second-order valence-corrected chi connectivity index (χ2v) is 6.21. The molecule has 0 saturated heterocycles. The third-order valence-corrected chi connectivity index (χ3v) is 4.46. The molecule has 3 aromatic rings. The van der Waals surface area contributed by atoms with E-state index in [-0.39, 0.29) is 40.8 Å². The van der Waals surface area contributed by atoms with Crippen LogP contribution < -0.4 is 4.74 Å². The monoisotopic (exact) mass is 348 g/mol. The summed E-state index contributed by atoms with van der Waals surface area (Å²) in [5, 5.41) is 29.8. The number of ether oxygens (including phenoxy) is 1. The Morgan fingerprint density at radius 2 is 1.65 bits per heavy atom. The number of carbonyl (C=O) groups excluding carboxylic acids is 1. The number of hydrogen-bond donors (Lipinski definition) is 3. The summed E-state index contributed by atoms with van der Waals surface area (Å²) in [4.78, 5) is 12.5. The van der Waals surface area contributed by atoms with E-state index in [2.05, 4.69) is 0 Å². The molecular formula is C21H16O5. The van der Waals surface area contributed by atoms with Crippen molar-refractivity contribution in [1.82, 2.24) is 0 Å². The van der Waals surface area contributed by atoms with Crippen molar-refractivity contribution >= 4 is 5.78 Å². The van der Waals surface area contributed by atoms with Crippen molar-refractivity contribution in [3.05, 3.63) is 71.8 Å². The molecule has 0 radical (unpaired) electrons. The second kappa shape index (κ2) is 6.11. The number of phenolic OH excluding ortho intramolecular Hbond substituents is 3. The van der Waals surface area contributed by atoms with Gasteiger partial charge in [-0.3, -0.25) is 4.79 Å². The summed E-state index contributed by atoms with van der Waals surface area (Å²) in [7, 11) is 0. The van der Waals surface area contributed by atoms with E-state index in [0.717, 1.165) is 17.2 Å². The van der Waals surface area contributed by atoms with Crippen molar-refractivity contribution in [2.24, 2.45) is 0 Å². The molecule has 1 unspecified atom stereocenters. The molecule has 0 fully saturated rings. The lowest BCUT2D eigenvalue weighted by atomic mass is 9.93. The minimum atomic E-state index is -0.570. The summed E-state index contributed by atoms with van der Waals surface area (Å²) >= 11 is 0. The van der Waals surface area contributed by atoms with Gasteiger partial charge in [0.05, 0.1) is 6.42 Å². The first-order valence-corrected chi connectivity index (χ1v) is 8.17. The van der Waals surface area contributed by atoms with Crippen LogP contribution in [0.25, 0.3) is 11.1 Å². The predicted molar refractivity (Wildman–Crippen MR) is 95.6 cm³/mol. The van der Waals surface area contributed by atoms with Crippen molar-refractivity contribution in [1.29, 1.82) is 0 Å². The number of aromatic hydroxyl groups is 3. The standard InChI is InChI=1S/C21H16O5/c22-14-9-17(24)21-18(25)11-19(26-20(21)10-14)13-6-7-16(23)15(8-13)12-4-2-1-3-5-12/h1-10,19,22-24H,11H2. The summed E-state index contributed by atoms with van der Waals surface area (Å²) in [6, 6.07) is 16.9. The van der Waals surface area contributed by atoms with E-state index < -0.39 is 6.10 Å². The van der Waals surface area contributed by atoms with E-state index in [4.69, 9.17) is 4.74 Å². The molecule has 0 aromatic heterocycles. The quantitative estimate of drug-likeness (QED) is 0.647. The number of hydrogen-bond acceptors (Lipinski definition) is 5. The molecule has 1 heterocycles. The van der Waals surface area contributed by atoms with E-state index in [1.54, 1.807) is 18.2 Å². The van der Waals surface area contributed by atoms with E-state index in [1.807, 2.05) is 30.3 Å². The molecule has 3 aromatic carbocycles. The minimum absolute atomic E-state index is 0.0599. The van der Waals surface area contributed by atoms with Gasteiger partial charge in [0.25, 0.3) is 0 Å². The van der Waals surface area contributed by atoms with Crippen LogP contribution in [0.1, 0.15) is 28.4 Å². The Labute approximate surface area is 149 Å². The summed E-state index contributed by atoms with van der Waals surface area (Å²) in [5.41, 5.74) is 2.30. The zero-order valence-corrected chi connectivity index (χ0v) is 13.7. The topological polar surface area (TPSA) is 87.0 Å². The van der Waals surface area contributed by atoms with E-state index >= 15 is 0 Å². The number of phenols is 3. The van der Waals surface area contributed by atoms with E-state index in [0.29, 0.717) is 5.56 Å². The van der Waals surface area contributed by atoms with Crippen LogP contribution in [-0.2, 0) is 0 Å². The van der Waals surface area contributed by atoms with Crippen molar-refractivity contribution in [2.75, 3.05) is 0 Å². The molecule has 5 heteroatoms. The van der Waals surface area contributed by atoms with Gasteiger partial charge in [-0.1, -0.05) is 36.4 Å². The molecule has 130 valence electrons. The predicted octanol–water partition coefficient (Wildman–Crippen LogP) is 4.18. The Kier molecular flexibility index (Phi) is 3.77. The average Bonchev–Trinajstić information content (AvgIpc) is 2.62. The molecule has 4 rings (SSSR count). The fourth-order valence-electron chi connectivity index (χ4n) is 3.21. The maximum atomic E-state index is 12.5. The highest BCUT2D eigenvalue weighted by Crippen LogP contribution is 2.42. The highest BCUT2D eigenvalue weighted by molar-refractivity contribution is 6.02.